The van der Waals surface area contributed by atoms with Crippen molar-refractivity contribution in [2.75, 3.05) is 0 Å². The second kappa shape index (κ2) is 7.76. The van der Waals surface area contributed by atoms with Crippen LogP contribution < -0.4 is 0 Å². The minimum Gasteiger partial charge on any atom is -0.462 e. The molecule has 0 aromatic heterocycles. The van der Waals surface area contributed by atoms with E-state index in [1.54, 1.807) is 0 Å². The maximum atomic E-state index is 11.6. The third-order valence-corrected chi connectivity index (χ3v) is 6.17. The molecule has 144 valence electrons. The summed E-state index contributed by atoms with van der Waals surface area (Å²) in [6.45, 7) is 23.0. The molecule has 0 spiro atoms. The zero-order valence-electron chi connectivity index (χ0n) is 18.0. The predicted molar refractivity (Wildman–Crippen MR) is 102 cm³/mol. The van der Waals surface area contributed by atoms with Gasteiger partial charge in [0.1, 0.15) is 6.10 Å². The van der Waals surface area contributed by atoms with Gasteiger partial charge in [-0.2, -0.15) is 0 Å². The second-order valence-electron chi connectivity index (χ2n) is 10.5. The Kier molecular flexibility index (Phi) is 7.58. The number of carbonyl (C=O) groups is 1. The smallest absolute Gasteiger partial charge is 0.302 e. The number of esters is 1. The molecule has 0 saturated heterocycles. The van der Waals surface area contributed by atoms with Crippen LogP contribution in [0.1, 0.15) is 95.4 Å². The molecule has 0 heterocycles. The topological polar surface area (TPSA) is 46.5 Å². The van der Waals surface area contributed by atoms with Crippen molar-refractivity contribution >= 4 is 5.97 Å². The van der Waals surface area contributed by atoms with Gasteiger partial charge in [0.25, 0.3) is 0 Å². The Balaban J connectivity index is 5.47. The molecule has 2 atom stereocenters. The monoisotopic (exact) mass is 342 g/mol. The van der Waals surface area contributed by atoms with Gasteiger partial charge in [0.2, 0.25) is 0 Å². The molecule has 0 rings (SSSR count). The Labute approximate surface area is 150 Å². The summed E-state index contributed by atoms with van der Waals surface area (Å²) < 4.78 is 5.70. The van der Waals surface area contributed by atoms with Crippen molar-refractivity contribution < 1.29 is 14.6 Å². The number of rotatable bonds is 8. The van der Waals surface area contributed by atoms with Crippen LogP contribution in [0.3, 0.4) is 0 Å². The number of aliphatic hydroxyl groups excluding tert-OH is 1. The summed E-state index contributed by atoms with van der Waals surface area (Å²) in [6.07, 6.45) is 1.86. The highest BCUT2D eigenvalue weighted by Crippen LogP contribution is 2.49. The zero-order chi connectivity index (χ0) is 19.6. The molecule has 0 amide bonds. The first kappa shape index (κ1) is 23.4. The standard InChI is InChI=1S/C21H42O3/c1-12-19(6,7)17(24-15(2)22)14-20(8,9)21(10,11)16(23)13-18(3,4)5/h16-17,23H,12-14H2,1-11H3. The fourth-order valence-corrected chi connectivity index (χ4v) is 2.92. The Morgan fingerprint density at radius 1 is 0.958 bits per heavy atom. The highest BCUT2D eigenvalue weighted by molar-refractivity contribution is 5.66. The number of carbonyl (C=O) groups excluding carboxylic acids is 1. The molecule has 0 aliphatic carbocycles. The van der Waals surface area contributed by atoms with Gasteiger partial charge in [-0.1, -0.05) is 69.2 Å². The maximum absolute atomic E-state index is 11.6. The number of aliphatic hydroxyl groups is 1. The lowest BCUT2D eigenvalue weighted by molar-refractivity contribution is -0.159. The normalized spacial score (nSPS) is 16.7. The summed E-state index contributed by atoms with van der Waals surface area (Å²) in [5.41, 5.74) is -0.481. The molecule has 1 N–H and O–H groups in total. The quantitative estimate of drug-likeness (QED) is 0.584. The van der Waals surface area contributed by atoms with Crippen molar-refractivity contribution in [2.45, 2.75) is 108 Å². The van der Waals surface area contributed by atoms with E-state index in [4.69, 9.17) is 4.74 Å². The Morgan fingerprint density at radius 2 is 1.42 bits per heavy atom. The van der Waals surface area contributed by atoms with Crippen molar-refractivity contribution in [3.63, 3.8) is 0 Å². The average molecular weight is 343 g/mol. The van der Waals surface area contributed by atoms with Crippen molar-refractivity contribution in [2.24, 2.45) is 21.7 Å². The van der Waals surface area contributed by atoms with Crippen LogP contribution in [0.5, 0.6) is 0 Å². The van der Waals surface area contributed by atoms with Crippen LogP contribution in [0.15, 0.2) is 0 Å². The van der Waals surface area contributed by atoms with Gasteiger partial charge in [0.05, 0.1) is 6.10 Å². The summed E-state index contributed by atoms with van der Waals surface area (Å²) in [6, 6.07) is 0. The van der Waals surface area contributed by atoms with E-state index in [9.17, 15) is 9.90 Å². The minimum atomic E-state index is -0.407. The predicted octanol–water partition coefficient (Wildman–Crippen LogP) is 5.59. The van der Waals surface area contributed by atoms with Gasteiger partial charge in [-0.3, -0.25) is 4.79 Å². The molecule has 0 aromatic carbocycles. The van der Waals surface area contributed by atoms with E-state index in [2.05, 4.69) is 69.2 Å². The van der Waals surface area contributed by atoms with Gasteiger partial charge < -0.3 is 9.84 Å². The maximum Gasteiger partial charge on any atom is 0.302 e. The Bertz CT molecular complexity index is 413. The molecular weight excluding hydrogens is 300 g/mol. The van der Waals surface area contributed by atoms with E-state index >= 15 is 0 Å². The molecule has 0 saturated carbocycles. The highest BCUT2D eigenvalue weighted by atomic mass is 16.5. The van der Waals surface area contributed by atoms with Crippen LogP contribution in [-0.2, 0) is 9.53 Å². The van der Waals surface area contributed by atoms with Crippen LogP contribution in [0, 0.1) is 21.7 Å². The molecule has 0 radical (unpaired) electrons. The largest absolute Gasteiger partial charge is 0.462 e. The summed E-state index contributed by atoms with van der Waals surface area (Å²) in [7, 11) is 0. The van der Waals surface area contributed by atoms with Gasteiger partial charge in [-0.15, -0.1) is 0 Å². The number of hydrogen-bond donors (Lipinski definition) is 1. The van der Waals surface area contributed by atoms with E-state index in [0.29, 0.717) is 0 Å². The first-order chi connectivity index (χ1) is 10.5. The van der Waals surface area contributed by atoms with Gasteiger partial charge in [-0.05, 0) is 35.5 Å². The summed E-state index contributed by atoms with van der Waals surface area (Å²) in [5, 5.41) is 10.9. The summed E-state index contributed by atoms with van der Waals surface area (Å²) in [4.78, 5) is 11.6. The third kappa shape index (κ3) is 6.38. The van der Waals surface area contributed by atoms with Crippen molar-refractivity contribution in [1.29, 1.82) is 0 Å². The molecule has 2 unspecified atom stereocenters. The van der Waals surface area contributed by atoms with Crippen LogP contribution in [-0.4, -0.2) is 23.3 Å². The molecule has 0 aliphatic rings. The molecular formula is C21H42O3. The minimum absolute atomic E-state index is 0.0741. The highest BCUT2D eigenvalue weighted by Gasteiger charge is 2.47. The lowest BCUT2D eigenvalue weighted by Crippen LogP contribution is -2.48. The van der Waals surface area contributed by atoms with Crippen molar-refractivity contribution in [1.82, 2.24) is 0 Å². The molecule has 24 heavy (non-hydrogen) atoms. The molecule has 0 aliphatic heterocycles. The third-order valence-electron chi connectivity index (χ3n) is 6.17. The van der Waals surface area contributed by atoms with E-state index in [1.165, 1.54) is 6.92 Å². The zero-order valence-corrected chi connectivity index (χ0v) is 18.0. The Hall–Kier alpha value is -0.570. The van der Waals surface area contributed by atoms with E-state index < -0.39 is 6.10 Å². The first-order valence-electron chi connectivity index (χ1n) is 9.31. The molecule has 3 heteroatoms. The lowest BCUT2D eigenvalue weighted by atomic mass is 9.59. The first-order valence-corrected chi connectivity index (χ1v) is 9.31. The summed E-state index contributed by atoms with van der Waals surface area (Å²) in [5.74, 6) is -0.231. The SMILES string of the molecule is CCC(C)(C)C(CC(C)(C)C(C)(C)C(O)CC(C)(C)C)OC(C)=O. The summed E-state index contributed by atoms with van der Waals surface area (Å²) >= 11 is 0. The fraction of sp³-hybridized carbons (Fsp3) is 0.952. The molecule has 0 aromatic rings. The number of hydrogen-bond acceptors (Lipinski definition) is 3. The van der Waals surface area contributed by atoms with E-state index in [-0.39, 0.29) is 33.7 Å². The number of ether oxygens (including phenoxy) is 1. The van der Waals surface area contributed by atoms with E-state index in [1.807, 2.05) is 0 Å². The molecule has 3 nitrogen and oxygen atoms in total. The average Bonchev–Trinajstić information content (AvgIpc) is 2.34. The van der Waals surface area contributed by atoms with Crippen molar-refractivity contribution in [3.05, 3.63) is 0 Å². The second-order valence-corrected chi connectivity index (χ2v) is 10.5. The fourth-order valence-electron chi connectivity index (χ4n) is 2.92. The van der Waals surface area contributed by atoms with Crippen LogP contribution in [0.4, 0.5) is 0 Å². The van der Waals surface area contributed by atoms with Gasteiger partial charge >= 0.3 is 5.97 Å². The van der Waals surface area contributed by atoms with Crippen LogP contribution in [0.25, 0.3) is 0 Å². The molecule has 0 bridgehead atoms. The van der Waals surface area contributed by atoms with Gasteiger partial charge in [0.15, 0.2) is 0 Å². The van der Waals surface area contributed by atoms with E-state index in [0.717, 1.165) is 19.3 Å². The Morgan fingerprint density at radius 3 is 1.75 bits per heavy atom. The molecule has 0 fully saturated rings. The van der Waals surface area contributed by atoms with Gasteiger partial charge in [0, 0.05) is 12.3 Å². The van der Waals surface area contributed by atoms with Crippen molar-refractivity contribution in [3.8, 4) is 0 Å². The van der Waals surface area contributed by atoms with Crippen LogP contribution in [0.2, 0.25) is 0 Å². The lowest BCUT2D eigenvalue weighted by Gasteiger charge is -2.49. The van der Waals surface area contributed by atoms with Gasteiger partial charge in [-0.25, -0.2) is 0 Å². The van der Waals surface area contributed by atoms with Crippen LogP contribution >= 0.6 is 0 Å².